The third-order valence-corrected chi connectivity index (χ3v) is 4.67. The van der Waals surface area contributed by atoms with E-state index < -0.39 is 22.1 Å². The third kappa shape index (κ3) is 4.81. The zero-order chi connectivity index (χ0) is 17.6. The first-order chi connectivity index (χ1) is 10.7. The Labute approximate surface area is 135 Å². The molecule has 0 saturated carbocycles. The molecule has 0 saturated heterocycles. The number of methoxy groups -OCH3 is 1. The van der Waals surface area contributed by atoms with E-state index in [4.69, 9.17) is 14.7 Å². The van der Waals surface area contributed by atoms with Crippen LogP contribution in [0.1, 0.15) is 12.5 Å². The number of benzene rings is 1. The van der Waals surface area contributed by atoms with Crippen molar-refractivity contribution in [1.29, 1.82) is 5.26 Å². The van der Waals surface area contributed by atoms with Crippen LogP contribution in [0.3, 0.4) is 0 Å². The third-order valence-electron chi connectivity index (χ3n) is 2.83. The van der Waals surface area contributed by atoms with E-state index >= 15 is 0 Å². The van der Waals surface area contributed by atoms with E-state index in [0.717, 1.165) is 10.4 Å². The predicted octanol–water partition coefficient (Wildman–Crippen LogP) is 1.41. The molecule has 0 N–H and O–H groups in total. The molecule has 1 aromatic rings. The Hall–Kier alpha value is -2.37. The van der Waals surface area contributed by atoms with E-state index in [1.807, 2.05) is 0 Å². The first-order valence-electron chi connectivity index (χ1n) is 6.61. The predicted molar refractivity (Wildman–Crippen MR) is 84.1 cm³/mol. The van der Waals surface area contributed by atoms with E-state index in [0.29, 0.717) is 5.56 Å². The lowest BCUT2D eigenvalue weighted by Crippen LogP contribution is -2.22. The van der Waals surface area contributed by atoms with Crippen molar-refractivity contribution in [2.45, 2.75) is 17.9 Å². The average Bonchev–Trinajstić information content (AvgIpc) is 2.52. The summed E-state index contributed by atoms with van der Waals surface area (Å²) in [6.07, 6.45) is 1.68. The van der Waals surface area contributed by atoms with E-state index in [1.165, 1.54) is 46.3 Å². The molecule has 0 spiro atoms. The van der Waals surface area contributed by atoms with Crippen LogP contribution in [0.25, 0.3) is 6.08 Å². The topological polar surface area (TPSA) is 96.7 Å². The standard InChI is InChI=1S/C15H18N2O5S/c1-11(10-16)22-15(18)8-6-12-5-7-13(21-4)14(9-12)23(19,20)17(2)3/h5-9,11H,1-4H3/b8-6+/t11-/m1/s1. The second-order valence-electron chi connectivity index (χ2n) is 4.74. The molecule has 0 unspecified atom stereocenters. The SMILES string of the molecule is COc1ccc(/C=C/C(=O)O[C@H](C)C#N)cc1S(=O)(=O)N(C)C. The van der Waals surface area contributed by atoms with Gasteiger partial charge in [0, 0.05) is 20.2 Å². The van der Waals surface area contributed by atoms with Gasteiger partial charge in [0.25, 0.3) is 0 Å². The molecule has 0 aromatic heterocycles. The minimum Gasteiger partial charge on any atom is -0.495 e. The molecule has 1 rings (SSSR count). The van der Waals surface area contributed by atoms with E-state index in [-0.39, 0.29) is 10.6 Å². The molecule has 1 atom stereocenters. The van der Waals surface area contributed by atoms with Crippen LogP contribution in [-0.2, 0) is 19.6 Å². The van der Waals surface area contributed by atoms with Crippen LogP contribution in [0, 0.1) is 11.3 Å². The Kier molecular flexibility index (Phi) is 6.30. The first kappa shape index (κ1) is 18.7. The van der Waals surface area contributed by atoms with Gasteiger partial charge in [-0.3, -0.25) is 0 Å². The summed E-state index contributed by atoms with van der Waals surface area (Å²) >= 11 is 0. The van der Waals surface area contributed by atoms with Gasteiger partial charge in [-0.2, -0.15) is 5.26 Å². The highest BCUT2D eigenvalue weighted by atomic mass is 32.2. The quantitative estimate of drug-likeness (QED) is 0.575. The van der Waals surface area contributed by atoms with Gasteiger partial charge in [0.2, 0.25) is 10.0 Å². The van der Waals surface area contributed by atoms with E-state index in [9.17, 15) is 13.2 Å². The van der Waals surface area contributed by atoms with Crippen molar-refractivity contribution in [1.82, 2.24) is 4.31 Å². The van der Waals surface area contributed by atoms with Crippen molar-refractivity contribution >= 4 is 22.1 Å². The molecule has 0 heterocycles. The highest BCUT2D eigenvalue weighted by Crippen LogP contribution is 2.27. The van der Waals surface area contributed by atoms with Crippen molar-refractivity contribution in [3.8, 4) is 11.8 Å². The van der Waals surface area contributed by atoms with Gasteiger partial charge in [0.15, 0.2) is 6.10 Å². The average molecular weight is 338 g/mol. The van der Waals surface area contributed by atoms with Gasteiger partial charge in [-0.05, 0) is 30.7 Å². The smallest absolute Gasteiger partial charge is 0.332 e. The number of carbonyl (C=O) groups is 1. The number of hydrogen-bond donors (Lipinski definition) is 0. The summed E-state index contributed by atoms with van der Waals surface area (Å²) in [6, 6.07) is 6.27. The number of ether oxygens (including phenoxy) is 2. The van der Waals surface area contributed by atoms with Crippen LogP contribution < -0.4 is 4.74 Å². The van der Waals surface area contributed by atoms with E-state index in [1.54, 1.807) is 12.1 Å². The Morgan fingerprint density at radius 2 is 2.04 bits per heavy atom. The fraction of sp³-hybridized carbons (Fsp3) is 0.333. The van der Waals surface area contributed by atoms with E-state index in [2.05, 4.69) is 0 Å². The van der Waals surface area contributed by atoms with Crippen LogP contribution in [-0.4, -0.2) is 46.0 Å². The zero-order valence-electron chi connectivity index (χ0n) is 13.3. The number of nitriles is 1. The minimum atomic E-state index is -3.69. The molecule has 0 aliphatic rings. The summed E-state index contributed by atoms with van der Waals surface area (Å²) in [5.74, 6) is -0.483. The monoisotopic (exact) mass is 338 g/mol. The molecule has 0 radical (unpaired) electrons. The zero-order valence-corrected chi connectivity index (χ0v) is 14.1. The summed E-state index contributed by atoms with van der Waals surface area (Å²) in [5.41, 5.74) is 0.479. The number of esters is 1. The minimum absolute atomic E-state index is 0.00842. The number of rotatable bonds is 6. The molecule has 0 aliphatic heterocycles. The maximum atomic E-state index is 12.3. The second kappa shape index (κ2) is 7.76. The van der Waals surface area contributed by atoms with Crippen molar-refractivity contribution in [3.63, 3.8) is 0 Å². The largest absolute Gasteiger partial charge is 0.495 e. The maximum Gasteiger partial charge on any atom is 0.332 e. The Bertz CT molecular complexity index is 748. The maximum absolute atomic E-state index is 12.3. The molecule has 124 valence electrons. The highest BCUT2D eigenvalue weighted by Gasteiger charge is 2.22. The van der Waals surface area contributed by atoms with Crippen molar-refractivity contribution < 1.29 is 22.7 Å². The Balaban J connectivity index is 3.13. The molecule has 23 heavy (non-hydrogen) atoms. The van der Waals surface area contributed by atoms with Crippen LogP contribution in [0.4, 0.5) is 0 Å². The highest BCUT2D eigenvalue weighted by molar-refractivity contribution is 7.89. The van der Waals surface area contributed by atoms with Crippen LogP contribution in [0.5, 0.6) is 5.75 Å². The molecule has 0 bridgehead atoms. The lowest BCUT2D eigenvalue weighted by molar-refractivity contribution is -0.139. The summed E-state index contributed by atoms with van der Waals surface area (Å²) in [5, 5.41) is 8.57. The molecular weight excluding hydrogens is 320 g/mol. The van der Waals surface area contributed by atoms with Gasteiger partial charge < -0.3 is 9.47 Å². The molecule has 0 fully saturated rings. The summed E-state index contributed by atoms with van der Waals surface area (Å²) in [7, 11) is 0.516. The van der Waals surface area contributed by atoms with Crippen molar-refractivity contribution in [2.24, 2.45) is 0 Å². The fourth-order valence-corrected chi connectivity index (χ4v) is 2.68. The van der Waals surface area contributed by atoms with Gasteiger partial charge in [0.1, 0.15) is 16.7 Å². The summed E-state index contributed by atoms with van der Waals surface area (Å²) in [6.45, 7) is 1.45. The number of sulfonamides is 1. The number of hydrogen-bond acceptors (Lipinski definition) is 6. The first-order valence-corrected chi connectivity index (χ1v) is 8.05. The number of carbonyl (C=O) groups excluding carboxylic acids is 1. The molecule has 0 amide bonds. The lowest BCUT2D eigenvalue weighted by atomic mass is 10.2. The molecule has 0 aliphatic carbocycles. The fourth-order valence-electron chi connectivity index (χ4n) is 1.60. The summed E-state index contributed by atoms with van der Waals surface area (Å²) < 4.78 is 35.5. The second-order valence-corrected chi connectivity index (χ2v) is 6.86. The van der Waals surface area contributed by atoms with Crippen molar-refractivity contribution in [2.75, 3.05) is 21.2 Å². The number of nitrogens with zero attached hydrogens (tertiary/aromatic N) is 2. The molecular formula is C15H18N2O5S. The van der Waals surface area contributed by atoms with Crippen LogP contribution in [0.2, 0.25) is 0 Å². The van der Waals surface area contributed by atoms with Crippen molar-refractivity contribution in [3.05, 3.63) is 29.8 Å². The van der Waals surface area contributed by atoms with Crippen LogP contribution >= 0.6 is 0 Å². The van der Waals surface area contributed by atoms with Gasteiger partial charge in [0.05, 0.1) is 7.11 Å². The van der Waals surface area contributed by atoms with Crippen LogP contribution in [0.15, 0.2) is 29.2 Å². The molecule has 1 aromatic carbocycles. The van der Waals surface area contributed by atoms with Gasteiger partial charge in [-0.15, -0.1) is 0 Å². The lowest BCUT2D eigenvalue weighted by Gasteiger charge is -2.14. The normalized spacial score (nSPS) is 12.9. The van der Waals surface area contributed by atoms with Gasteiger partial charge >= 0.3 is 5.97 Å². The molecule has 7 nitrogen and oxygen atoms in total. The van der Waals surface area contributed by atoms with Gasteiger partial charge in [-0.1, -0.05) is 6.07 Å². The van der Waals surface area contributed by atoms with Gasteiger partial charge in [-0.25, -0.2) is 17.5 Å². The summed E-state index contributed by atoms with van der Waals surface area (Å²) in [4.78, 5) is 11.5. The Morgan fingerprint density at radius 1 is 1.39 bits per heavy atom. The Morgan fingerprint density at radius 3 is 2.57 bits per heavy atom. The molecule has 8 heteroatoms.